The molecule has 0 aliphatic heterocycles. The molecule has 0 amide bonds. The van der Waals surface area contributed by atoms with Gasteiger partial charge in [0.25, 0.3) is 0 Å². The van der Waals surface area contributed by atoms with Crippen LogP contribution in [0.25, 0.3) is 16.6 Å². The van der Waals surface area contributed by atoms with E-state index in [0.29, 0.717) is 10.7 Å². The molecule has 1 aromatic carbocycles. The summed E-state index contributed by atoms with van der Waals surface area (Å²) in [5.74, 6) is 0. The number of halogens is 1. The first-order valence-corrected chi connectivity index (χ1v) is 6.96. The summed E-state index contributed by atoms with van der Waals surface area (Å²) in [5.41, 5.74) is 4.75. The highest BCUT2D eigenvalue weighted by atomic mass is 35.5. The van der Waals surface area contributed by atoms with Gasteiger partial charge in [-0.3, -0.25) is 4.79 Å². The van der Waals surface area contributed by atoms with Crippen LogP contribution in [0.15, 0.2) is 48.7 Å². The highest BCUT2D eigenvalue weighted by molar-refractivity contribution is 6.30. The summed E-state index contributed by atoms with van der Waals surface area (Å²) in [4.78, 5) is 11.5. The lowest BCUT2D eigenvalue weighted by Crippen LogP contribution is -1.94. The van der Waals surface area contributed by atoms with Gasteiger partial charge in [0.2, 0.25) is 0 Å². The Bertz CT molecular complexity index is 789. The fourth-order valence-electron chi connectivity index (χ4n) is 2.45. The van der Waals surface area contributed by atoms with Gasteiger partial charge in [0.1, 0.15) is 0 Å². The van der Waals surface area contributed by atoms with Gasteiger partial charge in [0.15, 0.2) is 6.29 Å². The SMILES string of the molecule is CCc1ccc2cc(-c3cccc(Cl)c3)c(C=O)n2c1. The van der Waals surface area contributed by atoms with Crippen LogP contribution in [-0.2, 0) is 6.42 Å². The van der Waals surface area contributed by atoms with Crippen molar-refractivity contribution >= 4 is 23.4 Å². The van der Waals surface area contributed by atoms with Gasteiger partial charge in [-0.1, -0.05) is 36.7 Å². The fourth-order valence-corrected chi connectivity index (χ4v) is 2.64. The predicted octanol–water partition coefficient (Wildman–Crippen LogP) is 4.63. The van der Waals surface area contributed by atoms with Gasteiger partial charge in [-0.2, -0.15) is 0 Å². The lowest BCUT2D eigenvalue weighted by molar-refractivity contribution is 0.111. The number of carbonyl (C=O) groups excluding carboxylic acids is 1. The number of hydrogen-bond acceptors (Lipinski definition) is 1. The molecule has 0 spiro atoms. The standard InChI is InChI=1S/C17H14ClNO/c1-2-12-6-7-15-9-16(17(11-20)19(15)10-12)13-4-3-5-14(18)8-13/h3-11H,2H2,1H3. The molecule has 0 atom stereocenters. The molecule has 0 unspecified atom stereocenters. The lowest BCUT2D eigenvalue weighted by atomic mass is 10.1. The van der Waals surface area contributed by atoms with E-state index in [1.807, 2.05) is 47.0 Å². The van der Waals surface area contributed by atoms with Gasteiger partial charge in [-0.05, 0) is 41.8 Å². The monoisotopic (exact) mass is 283 g/mol. The number of nitrogens with zero attached hydrogens (tertiary/aromatic N) is 1. The molecule has 2 aromatic heterocycles. The Hall–Kier alpha value is -2.06. The second kappa shape index (κ2) is 5.14. The van der Waals surface area contributed by atoms with Crippen molar-refractivity contribution in [3.05, 3.63) is 64.9 Å². The Morgan fingerprint density at radius 1 is 1.20 bits per heavy atom. The van der Waals surface area contributed by atoms with E-state index in [0.717, 1.165) is 29.4 Å². The molecular formula is C17H14ClNO. The molecular weight excluding hydrogens is 270 g/mol. The smallest absolute Gasteiger partial charge is 0.167 e. The molecule has 0 N–H and O–H groups in total. The summed E-state index contributed by atoms with van der Waals surface area (Å²) in [6.45, 7) is 2.10. The first-order valence-electron chi connectivity index (χ1n) is 6.58. The summed E-state index contributed by atoms with van der Waals surface area (Å²) >= 11 is 6.04. The Balaban J connectivity index is 2.28. The summed E-state index contributed by atoms with van der Waals surface area (Å²) in [7, 11) is 0. The Kier molecular flexibility index (Phi) is 3.33. The Morgan fingerprint density at radius 3 is 2.75 bits per heavy atom. The number of aldehydes is 1. The van der Waals surface area contributed by atoms with E-state index in [4.69, 9.17) is 11.6 Å². The number of hydrogen-bond donors (Lipinski definition) is 0. The number of rotatable bonds is 3. The van der Waals surface area contributed by atoms with Crippen molar-refractivity contribution in [3.63, 3.8) is 0 Å². The lowest BCUT2D eigenvalue weighted by Gasteiger charge is -2.03. The largest absolute Gasteiger partial charge is 0.313 e. The maximum atomic E-state index is 11.5. The van der Waals surface area contributed by atoms with E-state index in [9.17, 15) is 4.79 Å². The van der Waals surface area contributed by atoms with Crippen molar-refractivity contribution in [2.24, 2.45) is 0 Å². The van der Waals surface area contributed by atoms with Gasteiger partial charge in [-0.15, -0.1) is 0 Å². The van der Waals surface area contributed by atoms with E-state index in [1.54, 1.807) is 0 Å². The number of aryl methyl sites for hydroxylation is 1. The Morgan fingerprint density at radius 2 is 2.05 bits per heavy atom. The zero-order valence-electron chi connectivity index (χ0n) is 11.1. The topological polar surface area (TPSA) is 21.5 Å². The van der Waals surface area contributed by atoms with Crippen LogP contribution in [-0.4, -0.2) is 10.7 Å². The summed E-state index contributed by atoms with van der Waals surface area (Å²) in [6.07, 6.45) is 3.87. The zero-order chi connectivity index (χ0) is 14.1. The van der Waals surface area contributed by atoms with E-state index < -0.39 is 0 Å². The molecule has 20 heavy (non-hydrogen) atoms. The van der Waals surface area contributed by atoms with Gasteiger partial charge in [0, 0.05) is 22.3 Å². The minimum absolute atomic E-state index is 0.664. The van der Waals surface area contributed by atoms with E-state index in [-0.39, 0.29) is 0 Å². The van der Waals surface area contributed by atoms with Crippen LogP contribution in [0.5, 0.6) is 0 Å². The number of carbonyl (C=O) groups is 1. The molecule has 3 heteroatoms. The summed E-state index contributed by atoms with van der Waals surface area (Å²) in [6, 6.07) is 13.7. The highest BCUT2D eigenvalue weighted by Crippen LogP contribution is 2.29. The minimum atomic E-state index is 0.664. The minimum Gasteiger partial charge on any atom is -0.313 e. The van der Waals surface area contributed by atoms with Crippen LogP contribution in [0.4, 0.5) is 0 Å². The third-order valence-corrected chi connectivity index (χ3v) is 3.76. The molecule has 0 aliphatic carbocycles. The van der Waals surface area contributed by atoms with Crippen LogP contribution < -0.4 is 0 Å². The second-order valence-corrected chi connectivity index (χ2v) is 5.19. The van der Waals surface area contributed by atoms with Gasteiger partial charge < -0.3 is 4.40 Å². The average molecular weight is 284 g/mol. The number of pyridine rings is 1. The third-order valence-electron chi connectivity index (χ3n) is 3.52. The fraction of sp³-hybridized carbons (Fsp3) is 0.118. The second-order valence-electron chi connectivity index (χ2n) is 4.76. The van der Waals surface area contributed by atoms with E-state index in [2.05, 4.69) is 13.0 Å². The van der Waals surface area contributed by atoms with Crippen LogP contribution in [0.1, 0.15) is 23.0 Å². The van der Waals surface area contributed by atoms with Crippen molar-refractivity contribution in [3.8, 4) is 11.1 Å². The average Bonchev–Trinajstić information content (AvgIpc) is 2.84. The molecule has 0 aliphatic rings. The number of aromatic nitrogens is 1. The molecule has 3 rings (SSSR count). The van der Waals surface area contributed by atoms with Crippen LogP contribution in [0.2, 0.25) is 5.02 Å². The molecule has 0 bridgehead atoms. The van der Waals surface area contributed by atoms with Crippen molar-refractivity contribution < 1.29 is 4.79 Å². The van der Waals surface area contributed by atoms with Crippen LogP contribution in [0.3, 0.4) is 0 Å². The van der Waals surface area contributed by atoms with Gasteiger partial charge in [0.05, 0.1) is 5.69 Å². The van der Waals surface area contributed by atoms with E-state index in [1.165, 1.54) is 5.56 Å². The molecule has 0 radical (unpaired) electrons. The maximum Gasteiger partial charge on any atom is 0.167 e. The van der Waals surface area contributed by atoms with Crippen molar-refractivity contribution in [2.45, 2.75) is 13.3 Å². The first kappa shape index (κ1) is 12.9. The third kappa shape index (κ3) is 2.12. The van der Waals surface area contributed by atoms with Crippen LogP contribution in [0, 0.1) is 0 Å². The highest BCUT2D eigenvalue weighted by Gasteiger charge is 2.11. The zero-order valence-corrected chi connectivity index (χ0v) is 11.9. The van der Waals surface area contributed by atoms with Gasteiger partial charge in [-0.25, -0.2) is 0 Å². The Labute approximate surface area is 122 Å². The molecule has 2 heterocycles. The quantitative estimate of drug-likeness (QED) is 0.642. The predicted molar refractivity (Wildman–Crippen MR) is 82.6 cm³/mol. The van der Waals surface area contributed by atoms with Crippen molar-refractivity contribution in [2.75, 3.05) is 0 Å². The molecule has 100 valence electrons. The number of benzene rings is 1. The molecule has 2 nitrogen and oxygen atoms in total. The van der Waals surface area contributed by atoms with Gasteiger partial charge >= 0.3 is 0 Å². The maximum absolute atomic E-state index is 11.5. The number of fused-ring (bicyclic) bond motifs is 1. The molecule has 3 aromatic rings. The first-order chi connectivity index (χ1) is 9.72. The summed E-state index contributed by atoms with van der Waals surface area (Å²) in [5, 5.41) is 0.670. The summed E-state index contributed by atoms with van der Waals surface area (Å²) < 4.78 is 1.95. The van der Waals surface area contributed by atoms with E-state index >= 15 is 0 Å². The molecule has 0 fully saturated rings. The molecule has 0 saturated heterocycles. The molecule has 0 saturated carbocycles. The van der Waals surface area contributed by atoms with Crippen LogP contribution >= 0.6 is 11.6 Å². The normalized spacial score (nSPS) is 10.9. The van der Waals surface area contributed by atoms with Crippen molar-refractivity contribution in [1.29, 1.82) is 0 Å². The van der Waals surface area contributed by atoms with Crippen molar-refractivity contribution in [1.82, 2.24) is 4.40 Å².